The summed E-state index contributed by atoms with van der Waals surface area (Å²) in [5, 5.41) is 9.21. The molecule has 3 nitrogen and oxygen atoms in total. The Balaban J connectivity index is 2.84. The molecule has 1 atom stereocenters. The summed E-state index contributed by atoms with van der Waals surface area (Å²) in [6, 6.07) is 0. The van der Waals surface area contributed by atoms with Crippen molar-refractivity contribution in [1.29, 1.82) is 0 Å². The monoisotopic (exact) mass is 412 g/mol. The van der Waals surface area contributed by atoms with Crippen molar-refractivity contribution >= 4 is 53.8 Å². The van der Waals surface area contributed by atoms with Gasteiger partial charge in [0.15, 0.2) is 5.76 Å². The maximum Gasteiger partial charge on any atom is 0.340 e. The van der Waals surface area contributed by atoms with Gasteiger partial charge in [0.1, 0.15) is 9.50 Å². The number of aliphatic hydroxyl groups is 1. The number of hydrogen-bond acceptors (Lipinski definition) is 3. The van der Waals surface area contributed by atoms with Crippen molar-refractivity contribution in [2.45, 2.75) is 18.9 Å². The molecule has 0 amide bonds. The van der Waals surface area contributed by atoms with Crippen LogP contribution in [0.25, 0.3) is 0 Å². The molecule has 0 spiro atoms. The number of hydrogen-bond donors (Lipinski definition) is 1. The van der Waals surface area contributed by atoms with E-state index >= 15 is 0 Å². The number of carbonyl (C=O) groups is 1. The molecule has 86 valence electrons. The van der Waals surface area contributed by atoms with Crippen molar-refractivity contribution < 1.29 is 14.6 Å². The number of aliphatic hydroxyl groups excluding tert-OH is 1. The fourth-order valence-electron chi connectivity index (χ4n) is 1.12. The van der Waals surface area contributed by atoms with Gasteiger partial charge in [-0.25, -0.2) is 4.79 Å². The average Bonchev–Trinajstić information content (AvgIpc) is 2.51. The first-order valence-corrected chi connectivity index (χ1v) is 6.66. The minimum atomic E-state index is -0.846. The number of halogens is 3. The second kappa shape index (κ2) is 6.01. The molecular weight excluding hydrogens is 408 g/mol. The van der Waals surface area contributed by atoms with Gasteiger partial charge in [0.25, 0.3) is 0 Å². The van der Waals surface area contributed by atoms with Crippen LogP contribution in [-0.2, 0) is 9.53 Å². The van der Waals surface area contributed by atoms with Crippen molar-refractivity contribution in [3.05, 3.63) is 19.2 Å². The highest BCUT2D eigenvalue weighted by Crippen LogP contribution is 2.38. The Morgan fingerprint density at radius 1 is 1.56 bits per heavy atom. The van der Waals surface area contributed by atoms with E-state index in [-0.39, 0.29) is 0 Å². The van der Waals surface area contributed by atoms with Crippen LogP contribution >= 0.6 is 47.8 Å². The van der Waals surface area contributed by atoms with Gasteiger partial charge in [-0.2, -0.15) is 0 Å². The lowest BCUT2D eigenvalue weighted by atomic mass is 10.1. The molecule has 0 aromatic carbocycles. The largest absolute Gasteiger partial charge is 0.420 e. The second-order valence-electron chi connectivity index (χ2n) is 2.99. The van der Waals surface area contributed by atoms with Crippen molar-refractivity contribution in [2.75, 3.05) is 0 Å². The van der Waals surface area contributed by atoms with Crippen LogP contribution in [0.2, 0.25) is 0 Å². The van der Waals surface area contributed by atoms with Gasteiger partial charge < -0.3 is 9.84 Å². The van der Waals surface area contributed by atoms with Crippen LogP contribution in [0.4, 0.5) is 0 Å². The Kier molecular flexibility index (Phi) is 5.25. The van der Waals surface area contributed by atoms with E-state index < -0.39 is 12.1 Å². The molecule has 0 saturated carbocycles. The Bertz CT molecular complexity index is 414. The summed E-state index contributed by atoms with van der Waals surface area (Å²) < 4.78 is 6.13. The molecule has 1 N–H and O–H groups in total. The zero-order valence-electron chi connectivity index (χ0n) is 7.97. The fourth-order valence-corrected chi connectivity index (χ4v) is 2.85. The predicted molar refractivity (Wildman–Crippen MR) is 71.0 cm³/mol. The molecule has 0 bridgehead atoms. The van der Waals surface area contributed by atoms with Crippen molar-refractivity contribution in [2.24, 2.45) is 0 Å². The molecular formula is C10H7Br3O3. The minimum Gasteiger partial charge on any atom is -0.420 e. The van der Waals surface area contributed by atoms with E-state index in [4.69, 9.17) is 11.2 Å². The predicted octanol–water partition coefficient (Wildman–Crippen LogP) is 2.93. The molecule has 0 aromatic heterocycles. The van der Waals surface area contributed by atoms with E-state index in [1.807, 2.05) is 0 Å². The molecule has 0 aliphatic carbocycles. The molecule has 0 radical (unpaired) electrons. The van der Waals surface area contributed by atoms with Crippen LogP contribution in [-0.4, -0.2) is 17.2 Å². The summed E-state index contributed by atoms with van der Waals surface area (Å²) in [6.45, 7) is 0. The molecule has 0 fully saturated rings. The van der Waals surface area contributed by atoms with Gasteiger partial charge in [0.05, 0.1) is 10.1 Å². The topological polar surface area (TPSA) is 46.5 Å². The van der Waals surface area contributed by atoms with Crippen LogP contribution in [0.15, 0.2) is 19.2 Å². The molecule has 1 aliphatic heterocycles. The zero-order valence-corrected chi connectivity index (χ0v) is 12.7. The Hall–Kier alpha value is -0.0900. The summed E-state index contributed by atoms with van der Waals surface area (Å²) in [5.74, 6) is 2.16. The third-order valence-corrected chi connectivity index (χ3v) is 3.50. The number of cyclic esters (lactones) is 1. The number of ether oxygens (including phenoxy) is 1. The molecule has 1 rings (SSSR count). The lowest BCUT2D eigenvalue weighted by Crippen LogP contribution is -2.06. The summed E-state index contributed by atoms with van der Waals surface area (Å²) >= 11 is 9.59. The van der Waals surface area contributed by atoms with Gasteiger partial charge in [0.2, 0.25) is 0 Å². The number of carbonyl (C=O) groups excluding carboxylic acids is 1. The number of allylic oxidation sites excluding steroid dienone is 1. The van der Waals surface area contributed by atoms with Crippen LogP contribution < -0.4 is 0 Å². The third kappa shape index (κ3) is 3.20. The number of rotatable bonds is 3. The van der Waals surface area contributed by atoms with Crippen LogP contribution in [0.1, 0.15) is 12.8 Å². The van der Waals surface area contributed by atoms with Gasteiger partial charge in [-0.15, -0.1) is 6.42 Å². The Labute approximate surface area is 118 Å². The molecule has 0 aromatic rings. The van der Waals surface area contributed by atoms with E-state index in [2.05, 4.69) is 53.7 Å². The molecule has 16 heavy (non-hydrogen) atoms. The smallest absolute Gasteiger partial charge is 0.340 e. The van der Waals surface area contributed by atoms with E-state index in [0.717, 1.165) is 0 Å². The normalized spacial score (nSPS) is 17.2. The van der Waals surface area contributed by atoms with Crippen LogP contribution in [0.3, 0.4) is 0 Å². The minimum absolute atomic E-state index is 0.323. The maximum atomic E-state index is 11.5. The molecule has 6 heteroatoms. The summed E-state index contributed by atoms with van der Waals surface area (Å²) in [4.78, 5) is 11.5. The van der Waals surface area contributed by atoms with Gasteiger partial charge in [-0.1, -0.05) is 5.92 Å². The third-order valence-electron chi connectivity index (χ3n) is 1.94. The first kappa shape index (κ1) is 14.0. The average molecular weight is 415 g/mol. The number of esters is 1. The molecule has 1 unspecified atom stereocenters. The Morgan fingerprint density at radius 2 is 2.19 bits per heavy atom. The second-order valence-corrected chi connectivity index (χ2v) is 6.44. The first-order valence-electron chi connectivity index (χ1n) is 4.28. The van der Waals surface area contributed by atoms with Crippen molar-refractivity contribution in [1.82, 2.24) is 0 Å². The highest BCUT2D eigenvalue weighted by Gasteiger charge is 2.29. The molecule has 1 heterocycles. The lowest BCUT2D eigenvalue weighted by Gasteiger charge is -2.01. The highest BCUT2D eigenvalue weighted by molar-refractivity contribution is 9.28. The molecule has 0 saturated heterocycles. The zero-order chi connectivity index (χ0) is 12.3. The van der Waals surface area contributed by atoms with E-state index in [0.29, 0.717) is 32.0 Å². The Morgan fingerprint density at radius 3 is 2.62 bits per heavy atom. The summed E-state index contributed by atoms with van der Waals surface area (Å²) in [6.07, 6.45) is 4.87. The van der Waals surface area contributed by atoms with E-state index in [1.165, 1.54) is 0 Å². The van der Waals surface area contributed by atoms with E-state index in [9.17, 15) is 9.90 Å². The molecule has 1 aliphatic rings. The van der Waals surface area contributed by atoms with Gasteiger partial charge in [-0.3, -0.25) is 0 Å². The van der Waals surface area contributed by atoms with E-state index in [1.54, 1.807) is 0 Å². The van der Waals surface area contributed by atoms with Crippen molar-refractivity contribution in [3.8, 4) is 12.3 Å². The quantitative estimate of drug-likeness (QED) is 0.570. The summed E-state index contributed by atoms with van der Waals surface area (Å²) in [7, 11) is 0. The van der Waals surface area contributed by atoms with Gasteiger partial charge in [0, 0.05) is 0 Å². The van der Waals surface area contributed by atoms with Crippen LogP contribution in [0, 0.1) is 12.3 Å². The first-order chi connectivity index (χ1) is 7.47. The van der Waals surface area contributed by atoms with Crippen molar-refractivity contribution in [3.63, 3.8) is 0 Å². The highest BCUT2D eigenvalue weighted by atomic mass is 79.9. The standard InChI is InChI=1S/C10H7Br3O3/c1-2-5(14)3-4-6-7(11)8(9(12)13)16-10(6)15/h1,5,14H,3-4H2. The lowest BCUT2D eigenvalue weighted by molar-refractivity contribution is -0.133. The fraction of sp³-hybridized carbons (Fsp3) is 0.300. The number of terminal acetylenes is 1. The summed E-state index contributed by atoms with van der Waals surface area (Å²) in [5.41, 5.74) is 0.473. The van der Waals surface area contributed by atoms with Crippen LogP contribution in [0.5, 0.6) is 0 Å². The van der Waals surface area contributed by atoms with Gasteiger partial charge >= 0.3 is 5.97 Å². The van der Waals surface area contributed by atoms with Gasteiger partial charge in [-0.05, 0) is 60.6 Å². The maximum absolute atomic E-state index is 11.5. The SMILES string of the molecule is C#CC(O)CCC1=C(Br)C(=C(Br)Br)OC1=O.